The van der Waals surface area contributed by atoms with Crippen molar-refractivity contribution in [3.63, 3.8) is 0 Å². The summed E-state index contributed by atoms with van der Waals surface area (Å²) in [4.78, 5) is 3.97. The molecule has 60 valence electrons. The summed E-state index contributed by atoms with van der Waals surface area (Å²) in [5, 5.41) is 10.9. The molecule has 0 atom stereocenters. The largest absolute Gasteiger partial charge is 0.380 e. The Balaban J connectivity index is 2.99. The number of nitrogen functional groups attached to an aromatic ring is 1. The molecule has 0 fully saturated rings. The van der Waals surface area contributed by atoms with Crippen LogP contribution in [0.3, 0.4) is 0 Å². The summed E-state index contributed by atoms with van der Waals surface area (Å²) in [6.07, 6.45) is 1.87. The highest BCUT2D eigenvalue weighted by atomic mass is 32.2. The van der Waals surface area contributed by atoms with Crippen LogP contribution in [0.15, 0.2) is 5.16 Å². The fraction of sp³-hybridized carbons (Fsp3) is 0.400. The number of hydrogen-bond acceptors (Lipinski definition) is 6. The Morgan fingerprint density at radius 3 is 2.64 bits per heavy atom. The molecule has 1 aromatic heterocycles. The zero-order valence-corrected chi connectivity index (χ0v) is 7.14. The van der Waals surface area contributed by atoms with Crippen molar-refractivity contribution in [2.75, 3.05) is 24.4 Å². The summed E-state index contributed by atoms with van der Waals surface area (Å²) in [5.41, 5.74) is 5.52. The van der Waals surface area contributed by atoms with Gasteiger partial charge in [0.1, 0.15) is 0 Å². The van der Waals surface area contributed by atoms with Crippen molar-refractivity contribution in [2.45, 2.75) is 5.16 Å². The van der Waals surface area contributed by atoms with Gasteiger partial charge in [-0.15, -0.1) is 10.2 Å². The minimum atomic E-state index is 0.381. The number of nitrogens with zero attached hydrogens (tertiary/aromatic N) is 3. The zero-order chi connectivity index (χ0) is 8.27. The zero-order valence-electron chi connectivity index (χ0n) is 6.33. The number of thioether (sulfide) groups is 1. The van der Waals surface area contributed by atoms with E-state index in [1.54, 1.807) is 7.05 Å². The molecule has 0 spiro atoms. The molecule has 0 aliphatic rings. The highest BCUT2D eigenvalue weighted by Gasteiger charge is 2.01. The number of rotatable bonds is 2. The average molecular weight is 171 g/mol. The van der Waals surface area contributed by atoms with Gasteiger partial charge < -0.3 is 11.1 Å². The van der Waals surface area contributed by atoms with Crippen molar-refractivity contribution in [1.29, 1.82) is 0 Å². The van der Waals surface area contributed by atoms with Crippen molar-refractivity contribution in [2.24, 2.45) is 0 Å². The average Bonchev–Trinajstić information content (AvgIpc) is 2.04. The lowest BCUT2D eigenvalue weighted by atomic mass is 10.6. The fourth-order valence-corrected chi connectivity index (χ4v) is 0.899. The Hall–Kier alpha value is -1.04. The van der Waals surface area contributed by atoms with Crippen LogP contribution in [0.1, 0.15) is 0 Å². The van der Waals surface area contributed by atoms with Gasteiger partial charge in [-0.3, -0.25) is 0 Å². The number of anilines is 2. The summed E-state index contributed by atoms with van der Waals surface area (Å²) in [6, 6.07) is 0. The van der Waals surface area contributed by atoms with Crippen LogP contribution in [-0.4, -0.2) is 28.5 Å². The molecule has 0 saturated heterocycles. The van der Waals surface area contributed by atoms with Crippen molar-refractivity contribution in [1.82, 2.24) is 15.2 Å². The van der Waals surface area contributed by atoms with Crippen LogP contribution in [-0.2, 0) is 0 Å². The molecular weight excluding hydrogens is 162 g/mol. The Bertz CT molecular complexity index is 251. The molecule has 5 nitrogen and oxygen atoms in total. The molecule has 0 bridgehead atoms. The maximum absolute atomic E-state index is 5.52. The smallest absolute Gasteiger partial charge is 0.210 e. The van der Waals surface area contributed by atoms with E-state index >= 15 is 0 Å². The van der Waals surface area contributed by atoms with Gasteiger partial charge in [0.2, 0.25) is 5.16 Å². The lowest BCUT2D eigenvalue weighted by Crippen LogP contribution is -2.04. The van der Waals surface area contributed by atoms with E-state index in [2.05, 4.69) is 20.5 Å². The van der Waals surface area contributed by atoms with Gasteiger partial charge in [0, 0.05) is 7.05 Å². The van der Waals surface area contributed by atoms with E-state index < -0.39 is 0 Å². The van der Waals surface area contributed by atoms with Gasteiger partial charge in [0.15, 0.2) is 11.6 Å². The molecule has 0 radical (unpaired) electrons. The van der Waals surface area contributed by atoms with Crippen LogP contribution in [0.25, 0.3) is 0 Å². The standard InChI is InChI=1S/C5H9N5S/c1-7-4-3(6)8-5(11-2)10-9-4/h1-2H3,(H,7,9)(H2,6,8,10). The number of nitrogens with two attached hydrogens (primary N) is 1. The first-order valence-electron chi connectivity index (χ1n) is 3.00. The van der Waals surface area contributed by atoms with Crippen LogP contribution in [0.2, 0.25) is 0 Å². The number of hydrogen-bond donors (Lipinski definition) is 2. The fourth-order valence-electron chi connectivity index (χ4n) is 0.587. The highest BCUT2D eigenvalue weighted by Crippen LogP contribution is 2.13. The summed E-state index contributed by atoms with van der Waals surface area (Å²) >= 11 is 1.41. The molecule has 0 saturated carbocycles. The van der Waals surface area contributed by atoms with E-state index in [0.29, 0.717) is 16.8 Å². The molecule has 0 aliphatic carbocycles. The summed E-state index contributed by atoms with van der Waals surface area (Å²) < 4.78 is 0. The van der Waals surface area contributed by atoms with Crippen molar-refractivity contribution in [3.05, 3.63) is 0 Å². The van der Waals surface area contributed by atoms with E-state index in [1.165, 1.54) is 11.8 Å². The van der Waals surface area contributed by atoms with Crippen molar-refractivity contribution < 1.29 is 0 Å². The van der Waals surface area contributed by atoms with Gasteiger partial charge in [-0.05, 0) is 6.26 Å². The molecule has 1 rings (SSSR count). The number of aromatic nitrogens is 3. The maximum Gasteiger partial charge on any atom is 0.210 e. The SMILES string of the molecule is CNc1nnc(SC)nc1N. The normalized spacial score (nSPS) is 9.64. The van der Waals surface area contributed by atoms with E-state index in [1.807, 2.05) is 6.26 Å². The maximum atomic E-state index is 5.52. The Labute approximate surface area is 68.8 Å². The van der Waals surface area contributed by atoms with Gasteiger partial charge in [-0.1, -0.05) is 11.8 Å². The lowest BCUT2D eigenvalue weighted by molar-refractivity contribution is 0.852. The predicted molar refractivity (Wildman–Crippen MR) is 45.6 cm³/mol. The molecule has 0 amide bonds. The first-order chi connectivity index (χ1) is 5.27. The highest BCUT2D eigenvalue weighted by molar-refractivity contribution is 7.98. The predicted octanol–water partition coefficient (Wildman–Crippen LogP) is 0.217. The Morgan fingerprint density at radius 1 is 1.45 bits per heavy atom. The van der Waals surface area contributed by atoms with E-state index in [-0.39, 0.29) is 0 Å². The minimum absolute atomic E-state index is 0.381. The Morgan fingerprint density at radius 2 is 2.18 bits per heavy atom. The molecule has 6 heteroatoms. The van der Waals surface area contributed by atoms with Crippen LogP contribution < -0.4 is 11.1 Å². The molecule has 11 heavy (non-hydrogen) atoms. The topological polar surface area (TPSA) is 76.7 Å². The third kappa shape index (κ3) is 1.70. The van der Waals surface area contributed by atoms with Crippen LogP contribution in [0.4, 0.5) is 11.6 Å². The molecule has 1 heterocycles. The first-order valence-corrected chi connectivity index (χ1v) is 4.22. The Kier molecular flexibility index (Phi) is 2.48. The van der Waals surface area contributed by atoms with E-state index in [4.69, 9.17) is 5.73 Å². The second-order valence-electron chi connectivity index (χ2n) is 1.78. The minimum Gasteiger partial charge on any atom is -0.380 e. The molecule has 0 aromatic carbocycles. The van der Waals surface area contributed by atoms with Gasteiger partial charge in [0.25, 0.3) is 0 Å². The molecule has 0 aliphatic heterocycles. The summed E-state index contributed by atoms with van der Waals surface area (Å²) in [6.45, 7) is 0. The van der Waals surface area contributed by atoms with E-state index in [9.17, 15) is 0 Å². The third-order valence-corrected chi connectivity index (χ3v) is 1.65. The van der Waals surface area contributed by atoms with Gasteiger partial charge in [-0.2, -0.15) is 0 Å². The molecule has 0 unspecified atom stereocenters. The molecular formula is C5H9N5S. The van der Waals surface area contributed by atoms with E-state index in [0.717, 1.165) is 0 Å². The first kappa shape index (κ1) is 8.06. The quantitative estimate of drug-likeness (QED) is 0.620. The molecule has 1 aromatic rings. The van der Waals surface area contributed by atoms with Gasteiger partial charge >= 0.3 is 0 Å². The summed E-state index contributed by atoms with van der Waals surface area (Å²) in [7, 11) is 1.72. The lowest BCUT2D eigenvalue weighted by Gasteiger charge is -2.01. The van der Waals surface area contributed by atoms with Crippen LogP contribution in [0, 0.1) is 0 Å². The number of nitrogens with one attached hydrogen (secondary N) is 1. The van der Waals surface area contributed by atoms with Gasteiger partial charge in [0.05, 0.1) is 0 Å². The third-order valence-electron chi connectivity index (χ3n) is 1.11. The second kappa shape index (κ2) is 3.38. The van der Waals surface area contributed by atoms with Crippen LogP contribution in [0.5, 0.6) is 0 Å². The monoisotopic (exact) mass is 171 g/mol. The van der Waals surface area contributed by atoms with Gasteiger partial charge in [-0.25, -0.2) is 4.98 Å². The van der Waals surface area contributed by atoms with Crippen LogP contribution >= 0.6 is 11.8 Å². The van der Waals surface area contributed by atoms with Crippen molar-refractivity contribution >= 4 is 23.4 Å². The van der Waals surface area contributed by atoms with Crippen molar-refractivity contribution in [3.8, 4) is 0 Å². The summed E-state index contributed by atoms with van der Waals surface area (Å²) in [5.74, 6) is 0.898. The second-order valence-corrected chi connectivity index (χ2v) is 2.56. The molecule has 3 N–H and O–H groups in total.